The number of hydrogen-bond donors (Lipinski definition) is 2. The molecule has 0 aromatic heterocycles. The van der Waals surface area contributed by atoms with Crippen LogP contribution >= 0.6 is 0 Å². The zero-order chi connectivity index (χ0) is 13.0. The Bertz CT molecular complexity index is 520. The van der Waals surface area contributed by atoms with Crippen molar-refractivity contribution >= 4 is 5.69 Å². The summed E-state index contributed by atoms with van der Waals surface area (Å²) in [4.78, 5) is 0. The minimum absolute atomic E-state index is 0.536. The molecule has 0 unspecified atom stereocenters. The van der Waals surface area contributed by atoms with Gasteiger partial charge in [0.05, 0.1) is 0 Å². The monoisotopic (exact) mass is 242 g/mol. The molecule has 0 saturated heterocycles. The molecule has 2 rings (SSSR count). The highest BCUT2D eigenvalue weighted by Crippen LogP contribution is 2.22. The Labute approximate surface area is 108 Å². The lowest BCUT2D eigenvalue weighted by atomic mass is 9.93. The van der Waals surface area contributed by atoms with E-state index < -0.39 is 0 Å². The third-order valence-corrected chi connectivity index (χ3v) is 3.17. The minimum atomic E-state index is 0.536. The lowest BCUT2D eigenvalue weighted by Gasteiger charge is -2.12. The predicted octanol–water partition coefficient (Wildman–Crippen LogP) is 2.98. The molecule has 0 radical (unpaired) electrons. The van der Waals surface area contributed by atoms with Crippen molar-refractivity contribution in [2.75, 3.05) is 0 Å². The first-order valence-corrected chi connectivity index (χ1v) is 6.35. The van der Waals surface area contributed by atoms with Crippen LogP contribution < -0.4 is 5.48 Å². The molecule has 0 atom stereocenters. The first kappa shape index (κ1) is 12.8. The van der Waals surface area contributed by atoms with Crippen LogP contribution in [0.25, 0.3) is 0 Å². The molecule has 0 aliphatic heterocycles. The summed E-state index contributed by atoms with van der Waals surface area (Å²) in [5.74, 6) is 0.536. The van der Waals surface area contributed by atoms with Gasteiger partial charge in [-0.1, -0.05) is 50.2 Å². The van der Waals surface area contributed by atoms with E-state index in [-0.39, 0.29) is 0 Å². The largest absolute Gasteiger partial charge is 0.215 e. The van der Waals surface area contributed by atoms with Gasteiger partial charge >= 0.3 is 0 Å². The normalized spacial score (nSPS) is 10.9. The molecule has 0 fully saturated rings. The SMILES string of the molecule is CC(C)c1ccccc1Cc1cccc([NH2+]O)c1. The highest BCUT2D eigenvalue weighted by atomic mass is 16.5. The van der Waals surface area contributed by atoms with E-state index >= 15 is 0 Å². The zero-order valence-corrected chi connectivity index (χ0v) is 10.9. The Morgan fingerprint density at radius 2 is 1.83 bits per heavy atom. The van der Waals surface area contributed by atoms with Crippen LogP contribution in [0.5, 0.6) is 0 Å². The van der Waals surface area contributed by atoms with E-state index in [2.05, 4.69) is 44.2 Å². The molecule has 0 aliphatic carbocycles. The lowest BCUT2D eigenvalue weighted by Crippen LogP contribution is -2.73. The fraction of sp³-hybridized carbons (Fsp3) is 0.250. The molecule has 2 aromatic rings. The van der Waals surface area contributed by atoms with Gasteiger partial charge in [0, 0.05) is 12.1 Å². The summed E-state index contributed by atoms with van der Waals surface area (Å²) in [7, 11) is 0. The van der Waals surface area contributed by atoms with Gasteiger partial charge in [-0.25, -0.2) is 5.21 Å². The Balaban J connectivity index is 2.28. The number of nitrogens with two attached hydrogens (primary N) is 1. The van der Waals surface area contributed by atoms with Crippen LogP contribution in [0.2, 0.25) is 0 Å². The molecule has 2 aromatic carbocycles. The van der Waals surface area contributed by atoms with E-state index in [0.29, 0.717) is 5.92 Å². The summed E-state index contributed by atoms with van der Waals surface area (Å²) in [6.45, 7) is 4.44. The maximum absolute atomic E-state index is 9.05. The highest BCUT2D eigenvalue weighted by molar-refractivity contribution is 5.39. The summed E-state index contributed by atoms with van der Waals surface area (Å²) >= 11 is 0. The molecule has 3 N–H and O–H groups in total. The van der Waals surface area contributed by atoms with Gasteiger partial charge in [0.1, 0.15) is 0 Å². The fourth-order valence-corrected chi connectivity index (χ4v) is 2.26. The van der Waals surface area contributed by atoms with E-state index in [1.807, 2.05) is 18.2 Å². The Kier molecular flexibility index (Phi) is 4.13. The first-order chi connectivity index (χ1) is 8.70. The molecule has 0 spiro atoms. The summed E-state index contributed by atoms with van der Waals surface area (Å²) in [5, 5.41) is 9.05. The maximum Gasteiger partial charge on any atom is 0.162 e. The second-order valence-electron chi connectivity index (χ2n) is 4.90. The molecule has 0 bridgehead atoms. The number of hydrogen-bond acceptors (Lipinski definition) is 1. The van der Waals surface area contributed by atoms with Gasteiger partial charge in [0.25, 0.3) is 0 Å². The molecular formula is C16H20NO+. The van der Waals surface area contributed by atoms with Gasteiger partial charge in [0.15, 0.2) is 5.69 Å². The van der Waals surface area contributed by atoms with E-state index in [1.54, 1.807) is 0 Å². The van der Waals surface area contributed by atoms with Crippen LogP contribution in [0, 0.1) is 0 Å². The molecule has 0 amide bonds. The standard InChI is InChI=1S/C16H19NO/c1-12(2)16-9-4-3-7-14(16)10-13-6-5-8-15(11-13)17-18/h3-9,11-12,17-18H,10H2,1-2H3/p+1. The second kappa shape index (κ2) is 5.80. The van der Waals surface area contributed by atoms with Crippen molar-refractivity contribution < 1.29 is 10.7 Å². The van der Waals surface area contributed by atoms with Crippen molar-refractivity contribution in [2.45, 2.75) is 26.2 Å². The van der Waals surface area contributed by atoms with Crippen LogP contribution in [-0.4, -0.2) is 5.21 Å². The van der Waals surface area contributed by atoms with Crippen molar-refractivity contribution in [3.63, 3.8) is 0 Å². The molecule has 0 saturated carbocycles. The van der Waals surface area contributed by atoms with Gasteiger partial charge in [-0.05, 0) is 29.0 Å². The zero-order valence-electron chi connectivity index (χ0n) is 10.9. The number of quaternary nitrogens is 1. The van der Waals surface area contributed by atoms with Crippen LogP contribution in [0.1, 0.15) is 36.5 Å². The predicted molar refractivity (Wildman–Crippen MR) is 73.2 cm³/mol. The van der Waals surface area contributed by atoms with Crippen molar-refractivity contribution in [2.24, 2.45) is 0 Å². The summed E-state index contributed by atoms with van der Waals surface area (Å²) in [5.41, 5.74) is 6.00. The third-order valence-electron chi connectivity index (χ3n) is 3.17. The molecule has 2 nitrogen and oxygen atoms in total. The Morgan fingerprint density at radius 3 is 2.56 bits per heavy atom. The number of benzene rings is 2. The average Bonchev–Trinajstić information content (AvgIpc) is 2.39. The summed E-state index contributed by atoms with van der Waals surface area (Å²) < 4.78 is 0. The molecule has 0 heterocycles. The maximum atomic E-state index is 9.05. The summed E-state index contributed by atoms with van der Waals surface area (Å²) in [6, 6.07) is 16.6. The van der Waals surface area contributed by atoms with Gasteiger partial charge < -0.3 is 0 Å². The molecular weight excluding hydrogens is 222 g/mol. The fourth-order valence-electron chi connectivity index (χ4n) is 2.26. The topological polar surface area (TPSA) is 36.8 Å². The highest BCUT2D eigenvalue weighted by Gasteiger charge is 2.07. The molecule has 0 aliphatic rings. The van der Waals surface area contributed by atoms with Crippen LogP contribution in [0.4, 0.5) is 5.69 Å². The first-order valence-electron chi connectivity index (χ1n) is 6.35. The minimum Gasteiger partial charge on any atom is -0.215 e. The average molecular weight is 242 g/mol. The molecule has 2 heteroatoms. The quantitative estimate of drug-likeness (QED) is 0.627. The van der Waals surface area contributed by atoms with Gasteiger partial charge in [0.2, 0.25) is 0 Å². The lowest BCUT2D eigenvalue weighted by molar-refractivity contribution is -0.825. The second-order valence-corrected chi connectivity index (χ2v) is 4.90. The van der Waals surface area contributed by atoms with Crippen LogP contribution in [0.3, 0.4) is 0 Å². The van der Waals surface area contributed by atoms with Crippen LogP contribution in [-0.2, 0) is 6.42 Å². The Hall–Kier alpha value is -1.64. The molecule has 94 valence electrons. The van der Waals surface area contributed by atoms with Crippen molar-refractivity contribution in [1.82, 2.24) is 0 Å². The van der Waals surface area contributed by atoms with E-state index in [0.717, 1.165) is 17.6 Å². The Morgan fingerprint density at radius 1 is 1.06 bits per heavy atom. The summed E-state index contributed by atoms with van der Waals surface area (Å²) in [6.07, 6.45) is 0.913. The van der Waals surface area contributed by atoms with Crippen molar-refractivity contribution in [3.8, 4) is 0 Å². The smallest absolute Gasteiger partial charge is 0.162 e. The number of rotatable bonds is 4. The van der Waals surface area contributed by atoms with Gasteiger partial charge in [-0.2, -0.15) is 5.48 Å². The van der Waals surface area contributed by atoms with E-state index in [1.165, 1.54) is 16.7 Å². The van der Waals surface area contributed by atoms with Crippen LogP contribution in [0.15, 0.2) is 48.5 Å². The van der Waals surface area contributed by atoms with E-state index in [4.69, 9.17) is 5.21 Å². The van der Waals surface area contributed by atoms with Crippen molar-refractivity contribution in [3.05, 3.63) is 65.2 Å². The molecule has 18 heavy (non-hydrogen) atoms. The van der Waals surface area contributed by atoms with Gasteiger partial charge in [-0.15, -0.1) is 0 Å². The third kappa shape index (κ3) is 2.97. The van der Waals surface area contributed by atoms with Crippen molar-refractivity contribution in [1.29, 1.82) is 0 Å². The van der Waals surface area contributed by atoms with Gasteiger partial charge in [-0.3, -0.25) is 0 Å². The van der Waals surface area contributed by atoms with E-state index in [9.17, 15) is 0 Å².